The standard InChI is InChI=1S/C17H24N2O2/c1-4-11-19-16-8-6-5-7-15(16)18-17(19)12-14(20)10-9-13(2)21-3/h5-8,13H,4,9-12H2,1-3H3. The van der Waals surface area contributed by atoms with Crippen LogP contribution in [0, 0.1) is 0 Å². The Labute approximate surface area is 126 Å². The first-order valence-corrected chi connectivity index (χ1v) is 7.64. The summed E-state index contributed by atoms with van der Waals surface area (Å²) in [5.41, 5.74) is 2.09. The predicted molar refractivity (Wildman–Crippen MR) is 84.4 cm³/mol. The van der Waals surface area contributed by atoms with E-state index in [9.17, 15) is 4.79 Å². The smallest absolute Gasteiger partial charge is 0.140 e. The van der Waals surface area contributed by atoms with E-state index in [1.165, 1.54) is 0 Å². The lowest BCUT2D eigenvalue weighted by molar-refractivity contribution is -0.119. The third-order valence-electron chi connectivity index (χ3n) is 3.77. The van der Waals surface area contributed by atoms with Crippen LogP contribution in [-0.4, -0.2) is 28.5 Å². The molecule has 1 atom stereocenters. The number of nitrogens with zero attached hydrogens (tertiary/aromatic N) is 2. The molecule has 0 aliphatic rings. The Morgan fingerprint density at radius 1 is 1.38 bits per heavy atom. The van der Waals surface area contributed by atoms with Crippen molar-refractivity contribution in [2.75, 3.05) is 7.11 Å². The summed E-state index contributed by atoms with van der Waals surface area (Å²) in [6.07, 6.45) is 2.88. The number of ketones is 1. The van der Waals surface area contributed by atoms with E-state index in [0.29, 0.717) is 12.8 Å². The van der Waals surface area contributed by atoms with E-state index in [1.54, 1.807) is 7.11 Å². The summed E-state index contributed by atoms with van der Waals surface area (Å²) in [5, 5.41) is 0. The van der Waals surface area contributed by atoms with Gasteiger partial charge in [-0.3, -0.25) is 4.79 Å². The van der Waals surface area contributed by atoms with Gasteiger partial charge in [0.1, 0.15) is 11.6 Å². The molecule has 0 aliphatic heterocycles. The van der Waals surface area contributed by atoms with Crippen molar-refractivity contribution in [2.24, 2.45) is 0 Å². The Balaban J connectivity index is 2.13. The summed E-state index contributed by atoms with van der Waals surface area (Å²) in [6.45, 7) is 5.03. The van der Waals surface area contributed by atoms with Gasteiger partial charge >= 0.3 is 0 Å². The maximum atomic E-state index is 12.2. The highest BCUT2D eigenvalue weighted by atomic mass is 16.5. The normalized spacial score (nSPS) is 12.7. The minimum absolute atomic E-state index is 0.128. The lowest BCUT2D eigenvalue weighted by Gasteiger charge is -2.09. The number of methoxy groups -OCH3 is 1. The summed E-state index contributed by atoms with van der Waals surface area (Å²) in [4.78, 5) is 16.8. The van der Waals surface area contributed by atoms with Crippen LogP contribution in [0.25, 0.3) is 11.0 Å². The minimum Gasteiger partial charge on any atom is -0.382 e. The molecule has 0 aliphatic carbocycles. The molecule has 0 saturated carbocycles. The molecule has 2 aromatic rings. The zero-order chi connectivity index (χ0) is 15.2. The van der Waals surface area contributed by atoms with Crippen molar-refractivity contribution >= 4 is 16.8 Å². The van der Waals surface area contributed by atoms with Crippen LogP contribution in [0.15, 0.2) is 24.3 Å². The van der Waals surface area contributed by atoms with Gasteiger partial charge in [0.25, 0.3) is 0 Å². The van der Waals surface area contributed by atoms with E-state index in [2.05, 4.69) is 22.5 Å². The topological polar surface area (TPSA) is 44.1 Å². The maximum absolute atomic E-state index is 12.2. The molecule has 0 saturated heterocycles. The van der Waals surface area contributed by atoms with E-state index in [4.69, 9.17) is 4.74 Å². The van der Waals surface area contributed by atoms with Gasteiger partial charge in [0.15, 0.2) is 0 Å². The highest BCUT2D eigenvalue weighted by molar-refractivity contribution is 5.82. The van der Waals surface area contributed by atoms with Gasteiger partial charge in [-0.1, -0.05) is 19.1 Å². The minimum atomic E-state index is 0.128. The molecule has 1 aromatic heterocycles. The predicted octanol–water partition coefficient (Wildman–Crippen LogP) is 3.37. The fourth-order valence-electron chi connectivity index (χ4n) is 2.48. The molecule has 1 aromatic carbocycles. The van der Waals surface area contributed by atoms with Gasteiger partial charge in [0.05, 0.1) is 23.6 Å². The number of benzene rings is 1. The molecule has 1 unspecified atom stereocenters. The molecule has 0 fully saturated rings. The van der Waals surface area contributed by atoms with Crippen molar-refractivity contribution < 1.29 is 9.53 Å². The zero-order valence-corrected chi connectivity index (χ0v) is 13.1. The number of para-hydroxylation sites is 2. The number of carbonyl (C=O) groups is 1. The average molecular weight is 288 g/mol. The second-order valence-electron chi connectivity index (χ2n) is 5.47. The van der Waals surface area contributed by atoms with Crippen molar-refractivity contribution in [3.8, 4) is 0 Å². The Hall–Kier alpha value is -1.68. The van der Waals surface area contributed by atoms with Crippen LogP contribution in [0.5, 0.6) is 0 Å². The Bertz CT molecular complexity index is 604. The number of hydrogen-bond acceptors (Lipinski definition) is 3. The number of carbonyl (C=O) groups excluding carboxylic acids is 1. The van der Waals surface area contributed by atoms with Gasteiger partial charge in [0.2, 0.25) is 0 Å². The number of Topliss-reactive ketones (excluding diaryl/α,β-unsaturated/α-hetero) is 1. The zero-order valence-electron chi connectivity index (χ0n) is 13.1. The summed E-state index contributed by atoms with van der Waals surface area (Å²) in [7, 11) is 1.68. The van der Waals surface area contributed by atoms with Crippen molar-refractivity contribution in [1.29, 1.82) is 0 Å². The van der Waals surface area contributed by atoms with Crippen LogP contribution in [0.1, 0.15) is 38.9 Å². The van der Waals surface area contributed by atoms with Crippen LogP contribution in [0.4, 0.5) is 0 Å². The number of rotatable bonds is 8. The van der Waals surface area contributed by atoms with Crippen LogP contribution >= 0.6 is 0 Å². The number of ether oxygens (including phenoxy) is 1. The van der Waals surface area contributed by atoms with Crippen molar-refractivity contribution in [3.63, 3.8) is 0 Å². The lowest BCUT2D eigenvalue weighted by atomic mass is 10.1. The number of hydrogen-bond donors (Lipinski definition) is 0. The molecule has 4 heteroatoms. The van der Waals surface area contributed by atoms with Crippen molar-refractivity contribution in [3.05, 3.63) is 30.1 Å². The second-order valence-corrected chi connectivity index (χ2v) is 5.47. The Kier molecular flexibility index (Phi) is 5.51. The molecule has 0 radical (unpaired) electrons. The lowest BCUT2D eigenvalue weighted by Crippen LogP contribution is -2.13. The third kappa shape index (κ3) is 3.91. The number of fused-ring (bicyclic) bond motifs is 1. The van der Waals surface area contributed by atoms with E-state index >= 15 is 0 Å². The number of aromatic nitrogens is 2. The van der Waals surface area contributed by atoms with E-state index in [-0.39, 0.29) is 11.9 Å². The second kappa shape index (κ2) is 7.36. The highest BCUT2D eigenvalue weighted by Gasteiger charge is 2.14. The first-order chi connectivity index (χ1) is 10.2. The van der Waals surface area contributed by atoms with E-state index < -0.39 is 0 Å². The molecule has 4 nitrogen and oxygen atoms in total. The van der Waals surface area contributed by atoms with Crippen LogP contribution in [0.2, 0.25) is 0 Å². The fraction of sp³-hybridized carbons (Fsp3) is 0.529. The van der Waals surface area contributed by atoms with E-state index in [1.807, 2.05) is 25.1 Å². The first kappa shape index (κ1) is 15.7. The van der Waals surface area contributed by atoms with Crippen LogP contribution < -0.4 is 0 Å². The largest absolute Gasteiger partial charge is 0.382 e. The number of aryl methyl sites for hydroxylation is 1. The summed E-state index contributed by atoms with van der Waals surface area (Å²) in [5.74, 6) is 1.11. The fourth-order valence-corrected chi connectivity index (χ4v) is 2.48. The van der Waals surface area contributed by atoms with Gasteiger partial charge in [-0.15, -0.1) is 0 Å². The van der Waals surface area contributed by atoms with Gasteiger partial charge in [-0.25, -0.2) is 4.98 Å². The molecule has 0 amide bonds. The Morgan fingerprint density at radius 3 is 2.86 bits per heavy atom. The van der Waals surface area contributed by atoms with Crippen LogP contribution in [0.3, 0.4) is 0 Å². The summed E-state index contributed by atoms with van der Waals surface area (Å²) < 4.78 is 7.36. The number of imidazole rings is 1. The van der Waals surface area contributed by atoms with Gasteiger partial charge in [-0.05, 0) is 31.9 Å². The first-order valence-electron chi connectivity index (χ1n) is 7.64. The van der Waals surface area contributed by atoms with Crippen molar-refractivity contribution in [2.45, 2.75) is 52.2 Å². The molecule has 0 bridgehead atoms. The molecule has 21 heavy (non-hydrogen) atoms. The highest BCUT2D eigenvalue weighted by Crippen LogP contribution is 2.17. The van der Waals surface area contributed by atoms with Gasteiger partial charge in [-0.2, -0.15) is 0 Å². The van der Waals surface area contributed by atoms with Gasteiger partial charge in [0, 0.05) is 20.1 Å². The maximum Gasteiger partial charge on any atom is 0.140 e. The van der Waals surface area contributed by atoms with Crippen LogP contribution in [-0.2, 0) is 22.5 Å². The SMILES string of the molecule is CCCn1c(CC(=O)CCC(C)OC)nc2ccccc21. The monoisotopic (exact) mass is 288 g/mol. The molecule has 0 spiro atoms. The molecular weight excluding hydrogens is 264 g/mol. The summed E-state index contributed by atoms with van der Waals surface area (Å²) >= 11 is 0. The van der Waals surface area contributed by atoms with Gasteiger partial charge < -0.3 is 9.30 Å². The third-order valence-corrected chi connectivity index (χ3v) is 3.77. The van der Waals surface area contributed by atoms with Crippen molar-refractivity contribution in [1.82, 2.24) is 9.55 Å². The van der Waals surface area contributed by atoms with E-state index in [0.717, 1.165) is 36.2 Å². The summed E-state index contributed by atoms with van der Waals surface area (Å²) in [6, 6.07) is 8.07. The molecular formula is C17H24N2O2. The molecule has 114 valence electrons. The quantitative estimate of drug-likeness (QED) is 0.748. The Morgan fingerprint density at radius 2 is 2.14 bits per heavy atom. The molecule has 2 rings (SSSR count). The molecule has 0 N–H and O–H groups in total. The average Bonchev–Trinajstić information content (AvgIpc) is 2.83. The molecule has 1 heterocycles.